The predicted molar refractivity (Wildman–Crippen MR) is 68.5 cm³/mol. The van der Waals surface area contributed by atoms with Crippen molar-refractivity contribution in [2.45, 2.75) is 22.6 Å². The largest absolute Gasteiger partial charge is 0.232 e. The third-order valence-corrected chi connectivity index (χ3v) is 5.69. The Bertz CT molecular complexity index is 390. The highest BCUT2D eigenvalue weighted by molar-refractivity contribution is 7.78. The van der Waals surface area contributed by atoms with Crippen LogP contribution in [0, 0.1) is 5.92 Å². The van der Waals surface area contributed by atoms with Gasteiger partial charge in [0.05, 0.1) is 31.5 Å². The molecule has 1 nitrogen and oxygen atoms in total. The third kappa shape index (κ3) is 1.67. The molecule has 3 atom stereocenters. The molecule has 0 aromatic heterocycles. The second kappa shape index (κ2) is 3.87. The zero-order valence-corrected chi connectivity index (χ0v) is 11.4. The Morgan fingerprint density at radius 1 is 1.40 bits per heavy atom. The van der Waals surface area contributed by atoms with Crippen molar-refractivity contribution < 1.29 is 0 Å². The van der Waals surface area contributed by atoms with E-state index < -0.39 is 9.75 Å². The summed E-state index contributed by atoms with van der Waals surface area (Å²) < 4.78 is 0. The summed E-state index contributed by atoms with van der Waals surface area (Å²) in [7, 11) is 0. The maximum absolute atomic E-state index is 6.45. The lowest BCUT2D eigenvalue weighted by Gasteiger charge is -2.28. The zero-order valence-electron chi connectivity index (χ0n) is 7.57. The van der Waals surface area contributed by atoms with Crippen LogP contribution in [-0.4, -0.2) is 21.5 Å². The van der Waals surface area contributed by atoms with Crippen LogP contribution in [0.1, 0.15) is 12.8 Å². The van der Waals surface area contributed by atoms with Crippen LogP contribution in [0.15, 0.2) is 15.1 Å². The van der Waals surface area contributed by atoms with Crippen molar-refractivity contribution in [3.63, 3.8) is 0 Å². The lowest BCUT2D eigenvalue weighted by molar-refractivity contribution is 0.481. The quantitative estimate of drug-likeness (QED) is 0.424. The average molecular weight is 303 g/mol. The molecule has 6 heteroatoms. The van der Waals surface area contributed by atoms with E-state index in [1.54, 1.807) is 0 Å². The highest BCUT2D eigenvalue weighted by atomic mass is 35.5. The van der Waals surface area contributed by atoms with Gasteiger partial charge in [0.25, 0.3) is 0 Å². The van der Waals surface area contributed by atoms with Gasteiger partial charge in [0.2, 0.25) is 0 Å². The Labute approximate surface area is 113 Å². The minimum atomic E-state index is -0.657. The third-order valence-electron chi connectivity index (χ3n) is 3.08. The standard InChI is InChI=1S/C9H7Cl4NS/c10-6-7(11)9(13)3-8(6,12)1-5(9)2-14-4-15/h5H,1-3H2/t5-,8+,9+/m1/s1. The van der Waals surface area contributed by atoms with Gasteiger partial charge in [-0.1, -0.05) is 23.2 Å². The van der Waals surface area contributed by atoms with E-state index in [4.69, 9.17) is 46.4 Å². The molecule has 2 rings (SSSR count). The number of isothiocyanates is 1. The van der Waals surface area contributed by atoms with Crippen molar-refractivity contribution in [2.24, 2.45) is 10.9 Å². The van der Waals surface area contributed by atoms with Gasteiger partial charge in [-0.3, -0.25) is 0 Å². The van der Waals surface area contributed by atoms with E-state index in [2.05, 4.69) is 22.4 Å². The van der Waals surface area contributed by atoms with E-state index in [0.717, 1.165) is 0 Å². The average Bonchev–Trinajstić information content (AvgIpc) is 2.54. The molecule has 0 saturated heterocycles. The van der Waals surface area contributed by atoms with Gasteiger partial charge in [-0.15, -0.1) is 23.2 Å². The van der Waals surface area contributed by atoms with Crippen LogP contribution < -0.4 is 0 Å². The topological polar surface area (TPSA) is 12.4 Å². The Balaban J connectivity index is 2.34. The first-order valence-electron chi connectivity index (χ1n) is 4.42. The fraction of sp³-hybridized carbons (Fsp3) is 0.667. The van der Waals surface area contributed by atoms with Gasteiger partial charge in [0.15, 0.2) is 0 Å². The van der Waals surface area contributed by atoms with Crippen LogP contribution in [0.5, 0.6) is 0 Å². The lowest BCUT2D eigenvalue weighted by Crippen LogP contribution is -2.29. The molecular formula is C9H7Cl4NS. The molecule has 0 N–H and O–H groups in total. The molecule has 1 fully saturated rings. The molecule has 0 spiro atoms. The number of halogens is 4. The molecule has 0 aromatic carbocycles. The minimum Gasteiger partial charge on any atom is -0.232 e. The Hall–Kier alpha value is 0.700. The maximum Gasteiger partial charge on any atom is 0.0880 e. The second-order valence-electron chi connectivity index (χ2n) is 3.97. The highest BCUT2D eigenvalue weighted by Gasteiger charge is 2.62. The summed E-state index contributed by atoms with van der Waals surface area (Å²) in [5, 5.41) is 3.28. The van der Waals surface area contributed by atoms with Crippen LogP contribution >= 0.6 is 58.6 Å². The zero-order chi connectivity index (χ0) is 11.3. The van der Waals surface area contributed by atoms with Gasteiger partial charge in [-0.05, 0) is 25.1 Å². The molecule has 2 bridgehead atoms. The molecule has 0 aliphatic heterocycles. The number of aliphatic imine (C=N–C) groups is 1. The number of nitrogens with zero attached hydrogens (tertiary/aromatic N) is 1. The molecular weight excluding hydrogens is 296 g/mol. The van der Waals surface area contributed by atoms with Gasteiger partial charge < -0.3 is 0 Å². The van der Waals surface area contributed by atoms with Crippen molar-refractivity contribution in [3.05, 3.63) is 10.1 Å². The van der Waals surface area contributed by atoms with Crippen LogP contribution in [-0.2, 0) is 0 Å². The molecule has 2 aliphatic rings. The molecule has 15 heavy (non-hydrogen) atoms. The first-order valence-corrected chi connectivity index (χ1v) is 6.34. The van der Waals surface area contributed by atoms with Crippen LogP contribution in [0.4, 0.5) is 0 Å². The molecule has 2 aliphatic carbocycles. The van der Waals surface area contributed by atoms with Crippen LogP contribution in [0.25, 0.3) is 0 Å². The first kappa shape index (κ1) is 12.2. The Morgan fingerprint density at radius 2 is 2.07 bits per heavy atom. The molecule has 0 radical (unpaired) electrons. The number of rotatable bonds is 2. The number of alkyl halides is 2. The Morgan fingerprint density at radius 3 is 2.53 bits per heavy atom. The molecule has 82 valence electrons. The van der Waals surface area contributed by atoms with Gasteiger partial charge in [0, 0.05) is 5.92 Å². The van der Waals surface area contributed by atoms with Crippen molar-refractivity contribution in [1.82, 2.24) is 0 Å². The number of allylic oxidation sites excluding steroid dienone is 2. The number of hydrogen-bond donors (Lipinski definition) is 0. The van der Waals surface area contributed by atoms with E-state index in [1.165, 1.54) is 0 Å². The van der Waals surface area contributed by atoms with E-state index in [9.17, 15) is 0 Å². The predicted octanol–water partition coefficient (Wildman–Crippen LogP) is 4.16. The summed E-state index contributed by atoms with van der Waals surface area (Å²) in [4.78, 5) is 2.65. The summed E-state index contributed by atoms with van der Waals surface area (Å²) in [5.41, 5.74) is 0. The van der Waals surface area contributed by atoms with Gasteiger partial charge in [-0.25, -0.2) is 4.99 Å². The Kier molecular flexibility index (Phi) is 3.14. The van der Waals surface area contributed by atoms with Gasteiger partial charge in [-0.2, -0.15) is 0 Å². The maximum atomic E-state index is 6.45. The fourth-order valence-electron chi connectivity index (χ4n) is 2.34. The smallest absolute Gasteiger partial charge is 0.0880 e. The monoisotopic (exact) mass is 301 g/mol. The van der Waals surface area contributed by atoms with Crippen molar-refractivity contribution in [1.29, 1.82) is 0 Å². The van der Waals surface area contributed by atoms with Crippen LogP contribution in [0.3, 0.4) is 0 Å². The van der Waals surface area contributed by atoms with Gasteiger partial charge >= 0.3 is 0 Å². The normalized spacial score (nSPS) is 43.3. The van der Waals surface area contributed by atoms with E-state index in [0.29, 0.717) is 29.5 Å². The summed E-state index contributed by atoms with van der Waals surface area (Å²) in [6.07, 6.45) is 1.26. The lowest BCUT2D eigenvalue weighted by atomic mass is 9.92. The number of thiocarbonyl (C=S) groups is 1. The summed E-state index contributed by atoms with van der Waals surface area (Å²) in [6, 6.07) is 0. The highest BCUT2D eigenvalue weighted by Crippen LogP contribution is 2.65. The van der Waals surface area contributed by atoms with E-state index in [1.807, 2.05) is 0 Å². The number of hydrogen-bond acceptors (Lipinski definition) is 2. The summed E-state index contributed by atoms with van der Waals surface area (Å²) >= 11 is 29.5. The second-order valence-corrected chi connectivity index (χ2v) is 6.30. The van der Waals surface area contributed by atoms with Crippen LogP contribution in [0.2, 0.25) is 0 Å². The van der Waals surface area contributed by atoms with Crippen molar-refractivity contribution >= 4 is 63.8 Å². The van der Waals surface area contributed by atoms with Crippen molar-refractivity contribution in [2.75, 3.05) is 6.54 Å². The molecule has 0 unspecified atom stereocenters. The number of fused-ring (bicyclic) bond motifs is 2. The minimum absolute atomic E-state index is 0.0853. The summed E-state index contributed by atoms with van der Waals surface area (Å²) in [5.74, 6) is 0.0853. The van der Waals surface area contributed by atoms with E-state index in [-0.39, 0.29) is 5.92 Å². The van der Waals surface area contributed by atoms with E-state index >= 15 is 0 Å². The fourth-order valence-corrected chi connectivity index (χ4v) is 4.25. The SMILES string of the molecule is S=C=NC[C@H]1C[C@]2(Cl)C[C@@]1(Cl)C(Cl)=C2Cl. The molecule has 0 amide bonds. The molecule has 0 aromatic rings. The van der Waals surface area contributed by atoms with Crippen molar-refractivity contribution in [3.8, 4) is 0 Å². The molecule has 0 heterocycles. The molecule has 1 saturated carbocycles. The summed E-state index contributed by atoms with van der Waals surface area (Å²) in [6.45, 7) is 0.502. The first-order chi connectivity index (χ1) is 6.94. The van der Waals surface area contributed by atoms with Gasteiger partial charge in [0.1, 0.15) is 0 Å².